The van der Waals surface area contributed by atoms with Crippen LogP contribution in [0.2, 0.25) is 0 Å². The number of rotatable bonds is 6. The second-order valence-electron chi connectivity index (χ2n) is 6.09. The molecule has 0 unspecified atom stereocenters. The van der Waals surface area contributed by atoms with Crippen LogP contribution in [0.5, 0.6) is 0 Å². The lowest BCUT2D eigenvalue weighted by molar-refractivity contribution is -0.124. The smallest absolute Gasteiger partial charge is 0.230 e. The summed E-state index contributed by atoms with van der Waals surface area (Å²) in [6.07, 6.45) is 3.16. The zero-order valence-electron chi connectivity index (χ0n) is 13.0. The highest BCUT2D eigenvalue weighted by molar-refractivity contribution is 5.92. The lowest BCUT2D eigenvalue weighted by Gasteiger charge is -2.18. The third-order valence-corrected chi connectivity index (χ3v) is 3.80. The van der Waals surface area contributed by atoms with Crippen molar-refractivity contribution in [2.24, 2.45) is 0 Å². The fourth-order valence-electron chi connectivity index (χ4n) is 2.50. The van der Waals surface area contributed by atoms with Crippen molar-refractivity contribution >= 4 is 17.5 Å². The van der Waals surface area contributed by atoms with Gasteiger partial charge in [0.1, 0.15) is 0 Å². The first-order valence-corrected chi connectivity index (χ1v) is 7.69. The van der Waals surface area contributed by atoms with Gasteiger partial charge < -0.3 is 10.6 Å². The Hall–Kier alpha value is -1.84. The van der Waals surface area contributed by atoms with Crippen LogP contribution in [0, 0.1) is 0 Å². The van der Waals surface area contributed by atoms with E-state index in [1.807, 2.05) is 45.0 Å². The van der Waals surface area contributed by atoms with E-state index in [1.165, 1.54) is 0 Å². The van der Waals surface area contributed by atoms with Crippen LogP contribution in [-0.4, -0.2) is 17.9 Å². The monoisotopic (exact) mass is 288 g/mol. The molecule has 0 spiro atoms. The largest absolute Gasteiger partial charge is 0.353 e. The third kappa shape index (κ3) is 3.63. The molecule has 4 nitrogen and oxygen atoms in total. The van der Waals surface area contributed by atoms with E-state index in [0.29, 0.717) is 6.42 Å². The second-order valence-corrected chi connectivity index (χ2v) is 6.09. The van der Waals surface area contributed by atoms with Gasteiger partial charge in [0.05, 0.1) is 5.41 Å². The molecule has 0 radical (unpaired) electrons. The van der Waals surface area contributed by atoms with Gasteiger partial charge in [0, 0.05) is 18.2 Å². The summed E-state index contributed by atoms with van der Waals surface area (Å²) in [5, 5.41) is 5.86. The molecule has 2 N–H and O–H groups in total. The third-order valence-electron chi connectivity index (χ3n) is 3.80. The molecular weight excluding hydrogens is 264 g/mol. The van der Waals surface area contributed by atoms with Gasteiger partial charge in [-0.25, -0.2) is 0 Å². The Morgan fingerprint density at radius 2 is 1.81 bits per heavy atom. The molecule has 1 aliphatic rings. The van der Waals surface area contributed by atoms with E-state index in [-0.39, 0.29) is 23.3 Å². The number of carbonyl (C=O) groups is 2. The van der Waals surface area contributed by atoms with Crippen LogP contribution < -0.4 is 10.6 Å². The van der Waals surface area contributed by atoms with Gasteiger partial charge in [-0.05, 0) is 50.8 Å². The Kier molecular flexibility index (Phi) is 4.66. The minimum Gasteiger partial charge on any atom is -0.353 e. The van der Waals surface area contributed by atoms with Crippen molar-refractivity contribution in [2.45, 2.75) is 57.9 Å². The lowest BCUT2D eigenvalue weighted by atomic mass is 9.94. The van der Waals surface area contributed by atoms with Crippen LogP contribution in [0.3, 0.4) is 0 Å². The molecule has 21 heavy (non-hydrogen) atoms. The zero-order chi connectivity index (χ0) is 15.5. The van der Waals surface area contributed by atoms with Crippen molar-refractivity contribution in [3.8, 4) is 0 Å². The number of amides is 2. The number of hydrogen-bond donors (Lipinski definition) is 2. The van der Waals surface area contributed by atoms with Gasteiger partial charge in [-0.1, -0.05) is 19.1 Å². The minimum atomic E-state index is -0.351. The second kappa shape index (κ2) is 6.29. The van der Waals surface area contributed by atoms with Crippen molar-refractivity contribution in [1.29, 1.82) is 0 Å². The quantitative estimate of drug-likeness (QED) is 0.845. The van der Waals surface area contributed by atoms with Gasteiger partial charge in [-0.3, -0.25) is 9.59 Å². The molecule has 0 aliphatic heterocycles. The number of carbonyl (C=O) groups excluding carboxylic acids is 2. The SMILES string of the molecule is CCCC(=O)Nc1ccc(C2(C(=O)NC(C)C)CC2)cc1. The van der Waals surface area contributed by atoms with Crippen LogP contribution >= 0.6 is 0 Å². The Balaban J connectivity index is 2.05. The Bertz CT molecular complexity index is 516. The molecule has 1 aromatic carbocycles. The first-order chi connectivity index (χ1) is 9.98. The Labute approximate surface area is 126 Å². The first kappa shape index (κ1) is 15.5. The van der Waals surface area contributed by atoms with Gasteiger partial charge in [0.25, 0.3) is 0 Å². The summed E-state index contributed by atoms with van der Waals surface area (Å²) in [5.74, 6) is 0.143. The summed E-state index contributed by atoms with van der Waals surface area (Å²) < 4.78 is 0. The molecule has 2 amide bonds. The summed E-state index contributed by atoms with van der Waals surface area (Å²) in [6.45, 7) is 5.92. The van der Waals surface area contributed by atoms with E-state index in [2.05, 4.69) is 10.6 Å². The van der Waals surface area contributed by atoms with Crippen LogP contribution in [0.1, 0.15) is 52.0 Å². The summed E-state index contributed by atoms with van der Waals surface area (Å²) >= 11 is 0. The number of benzene rings is 1. The summed E-state index contributed by atoms with van der Waals surface area (Å²) in [5.41, 5.74) is 1.47. The van der Waals surface area contributed by atoms with Crippen LogP contribution in [0.4, 0.5) is 5.69 Å². The summed E-state index contributed by atoms with van der Waals surface area (Å²) in [7, 11) is 0. The fourth-order valence-corrected chi connectivity index (χ4v) is 2.50. The predicted molar refractivity (Wildman–Crippen MR) is 84.2 cm³/mol. The molecule has 0 saturated heterocycles. The van der Waals surface area contributed by atoms with Gasteiger partial charge in [0.2, 0.25) is 11.8 Å². The number of hydrogen-bond acceptors (Lipinski definition) is 2. The molecule has 4 heteroatoms. The molecule has 0 aromatic heterocycles. The van der Waals surface area contributed by atoms with E-state index in [4.69, 9.17) is 0 Å². The zero-order valence-corrected chi connectivity index (χ0v) is 13.0. The highest BCUT2D eigenvalue weighted by Crippen LogP contribution is 2.48. The van der Waals surface area contributed by atoms with Crippen LogP contribution in [0.25, 0.3) is 0 Å². The Morgan fingerprint density at radius 3 is 2.29 bits per heavy atom. The molecule has 1 fully saturated rings. The summed E-state index contributed by atoms with van der Waals surface area (Å²) in [4.78, 5) is 23.9. The molecule has 1 saturated carbocycles. The maximum Gasteiger partial charge on any atom is 0.230 e. The topological polar surface area (TPSA) is 58.2 Å². The number of anilines is 1. The average molecular weight is 288 g/mol. The van der Waals surface area contributed by atoms with E-state index < -0.39 is 0 Å². The number of nitrogens with one attached hydrogen (secondary N) is 2. The molecular formula is C17H24N2O2. The Morgan fingerprint density at radius 1 is 1.19 bits per heavy atom. The molecule has 0 bridgehead atoms. The standard InChI is InChI=1S/C17H24N2O2/c1-4-5-15(20)19-14-8-6-13(7-9-14)17(10-11-17)16(21)18-12(2)3/h6-9,12H,4-5,10-11H2,1-3H3,(H,18,21)(H,19,20). The highest BCUT2D eigenvalue weighted by Gasteiger charge is 2.51. The fraction of sp³-hybridized carbons (Fsp3) is 0.529. The average Bonchev–Trinajstić information content (AvgIpc) is 3.20. The van der Waals surface area contributed by atoms with Gasteiger partial charge in [-0.2, -0.15) is 0 Å². The molecule has 2 rings (SSSR count). The maximum atomic E-state index is 12.3. The van der Waals surface area contributed by atoms with E-state index in [9.17, 15) is 9.59 Å². The van der Waals surface area contributed by atoms with Gasteiger partial charge in [-0.15, -0.1) is 0 Å². The molecule has 0 heterocycles. The molecule has 0 atom stereocenters. The minimum absolute atomic E-state index is 0.0314. The maximum absolute atomic E-state index is 12.3. The molecule has 1 aromatic rings. The van der Waals surface area contributed by atoms with Crippen LogP contribution in [-0.2, 0) is 15.0 Å². The molecule has 114 valence electrons. The highest BCUT2D eigenvalue weighted by atomic mass is 16.2. The van der Waals surface area contributed by atoms with Crippen molar-refractivity contribution in [2.75, 3.05) is 5.32 Å². The van der Waals surface area contributed by atoms with Crippen molar-refractivity contribution in [3.05, 3.63) is 29.8 Å². The normalized spacial score (nSPS) is 15.6. The lowest BCUT2D eigenvalue weighted by Crippen LogP contribution is -2.38. The van der Waals surface area contributed by atoms with Crippen LogP contribution in [0.15, 0.2) is 24.3 Å². The summed E-state index contributed by atoms with van der Waals surface area (Å²) in [6, 6.07) is 7.82. The van der Waals surface area contributed by atoms with Gasteiger partial charge >= 0.3 is 0 Å². The first-order valence-electron chi connectivity index (χ1n) is 7.69. The van der Waals surface area contributed by atoms with Crippen molar-refractivity contribution in [1.82, 2.24) is 5.32 Å². The van der Waals surface area contributed by atoms with Crippen molar-refractivity contribution in [3.63, 3.8) is 0 Å². The van der Waals surface area contributed by atoms with Gasteiger partial charge in [0.15, 0.2) is 0 Å². The predicted octanol–water partition coefficient (Wildman–Crippen LogP) is 2.98. The van der Waals surface area contributed by atoms with E-state index in [1.54, 1.807) is 0 Å². The van der Waals surface area contributed by atoms with E-state index >= 15 is 0 Å². The van der Waals surface area contributed by atoms with Crippen molar-refractivity contribution < 1.29 is 9.59 Å². The van der Waals surface area contributed by atoms with E-state index in [0.717, 1.165) is 30.5 Å². The molecule has 1 aliphatic carbocycles.